The van der Waals surface area contributed by atoms with Gasteiger partial charge in [-0.05, 0) is 62.1 Å². The molecule has 0 heterocycles. The fraction of sp³-hybridized carbons (Fsp3) is 0.263. The zero-order valence-electron chi connectivity index (χ0n) is 14.6. The molecule has 2 aromatic carbocycles. The number of nitro benzene ring substituents is 1. The second kappa shape index (κ2) is 7.25. The number of esters is 1. The van der Waals surface area contributed by atoms with Crippen molar-refractivity contribution in [1.29, 1.82) is 0 Å². The Kier molecular flexibility index (Phi) is 5.32. The van der Waals surface area contributed by atoms with Gasteiger partial charge in [-0.3, -0.25) is 14.9 Å². The van der Waals surface area contributed by atoms with Gasteiger partial charge in [0.1, 0.15) is 5.56 Å². The number of para-hydroxylation sites is 1. The molecule has 0 aliphatic heterocycles. The summed E-state index contributed by atoms with van der Waals surface area (Å²) in [6.07, 6.45) is 0. The lowest BCUT2D eigenvalue weighted by Gasteiger charge is -2.13. The molecule has 0 amide bonds. The van der Waals surface area contributed by atoms with Gasteiger partial charge < -0.3 is 4.74 Å². The number of hydrogen-bond acceptors (Lipinski definition) is 5. The average Bonchev–Trinajstić information content (AvgIpc) is 2.60. The molecule has 0 saturated heterocycles. The highest BCUT2D eigenvalue weighted by molar-refractivity contribution is 6.01. The lowest BCUT2D eigenvalue weighted by atomic mass is 9.93. The first-order valence-electron chi connectivity index (χ1n) is 7.75. The van der Waals surface area contributed by atoms with Gasteiger partial charge >= 0.3 is 5.97 Å². The Morgan fingerprint density at radius 3 is 2.28 bits per heavy atom. The van der Waals surface area contributed by atoms with Crippen LogP contribution in [0.3, 0.4) is 0 Å². The summed E-state index contributed by atoms with van der Waals surface area (Å²) in [7, 11) is 0. The summed E-state index contributed by atoms with van der Waals surface area (Å²) >= 11 is 0. The molecule has 0 fully saturated rings. The minimum absolute atomic E-state index is 0.173. The van der Waals surface area contributed by atoms with Crippen molar-refractivity contribution < 1.29 is 19.2 Å². The third-order valence-corrected chi connectivity index (χ3v) is 4.44. The lowest BCUT2D eigenvalue weighted by Crippen LogP contribution is -2.17. The van der Waals surface area contributed by atoms with Crippen molar-refractivity contribution in [2.75, 3.05) is 6.61 Å². The number of carbonyl (C=O) groups is 2. The summed E-state index contributed by atoms with van der Waals surface area (Å²) in [6, 6.07) is 7.26. The van der Waals surface area contributed by atoms with Gasteiger partial charge in [0.25, 0.3) is 5.69 Å². The second-order valence-corrected chi connectivity index (χ2v) is 5.89. The van der Waals surface area contributed by atoms with Crippen molar-refractivity contribution in [3.05, 3.63) is 73.8 Å². The molecular weight excluding hydrogens is 322 g/mol. The lowest BCUT2D eigenvalue weighted by molar-refractivity contribution is -0.385. The van der Waals surface area contributed by atoms with Gasteiger partial charge in [0.2, 0.25) is 5.78 Å². The molecule has 2 aromatic rings. The highest BCUT2D eigenvalue weighted by Gasteiger charge is 2.22. The Bertz CT molecular complexity index is 870. The van der Waals surface area contributed by atoms with E-state index < -0.39 is 17.5 Å². The number of nitro groups is 1. The molecule has 0 N–H and O–H groups in total. The number of ketones is 1. The van der Waals surface area contributed by atoms with Crippen LogP contribution >= 0.6 is 0 Å². The number of rotatable bonds is 5. The van der Waals surface area contributed by atoms with E-state index in [0.717, 1.165) is 22.3 Å². The first-order chi connectivity index (χ1) is 11.7. The van der Waals surface area contributed by atoms with E-state index in [4.69, 9.17) is 4.74 Å². The van der Waals surface area contributed by atoms with E-state index in [-0.39, 0.29) is 17.0 Å². The molecule has 130 valence electrons. The van der Waals surface area contributed by atoms with Crippen LogP contribution in [0.1, 0.15) is 43.0 Å². The largest absolute Gasteiger partial charge is 0.454 e. The van der Waals surface area contributed by atoms with Crippen LogP contribution in [0.15, 0.2) is 30.3 Å². The van der Waals surface area contributed by atoms with Gasteiger partial charge in [-0.15, -0.1) is 0 Å². The zero-order valence-corrected chi connectivity index (χ0v) is 14.6. The van der Waals surface area contributed by atoms with Crippen molar-refractivity contribution in [3.8, 4) is 0 Å². The van der Waals surface area contributed by atoms with Crippen molar-refractivity contribution in [1.82, 2.24) is 0 Å². The predicted octanol–water partition coefficient (Wildman–Crippen LogP) is 3.87. The molecule has 0 radical (unpaired) electrons. The number of hydrogen-bond donors (Lipinski definition) is 0. The van der Waals surface area contributed by atoms with E-state index >= 15 is 0 Å². The summed E-state index contributed by atoms with van der Waals surface area (Å²) in [5.41, 5.74) is 3.94. The van der Waals surface area contributed by atoms with E-state index in [1.54, 1.807) is 6.07 Å². The molecule has 25 heavy (non-hydrogen) atoms. The molecule has 0 atom stereocenters. The SMILES string of the molecule is Cc1cc(C(=O)COC(=O)c2ccccc2[N+](=O)[O-])c(C)c(C)c1C. The number of ether oxygens (including phenoxy) is 1. The summed E-state index contributed by atoms with van der Waals surface area (Å²) < 4.78 is 5.01. The van der Waals surface area contributed by atoms with Crippen molar-refractivity contribution in [3.63, 3.8) is 0 Å². The van der Waals surface area contributed by atoms with Crippen LogP contribution < -0.4 is 0 Å². The maximum absolute atomic E-state index is 12.4. The van der Waals surface area contributed by atoms with Crippen LogP contribution in [-0.2, 0) is 4.74 Å². The van der Waals surface area contributed by atoms with Crippen molar-refractivity contribution >= 4 is 17.4 Å². The van der Waals surface area contributed by atoms with Gasteiger partial charge in [0.05, 0.1) is 4.92 Å². The molecule has 0 saturated carbocycles. The van der Waals surface area contributed by atoms with E-state index in [2.05, 4.69) is 0 Å². The van der Waals surface area contributed by atoms with E-state index in [9.17, 15) is 19.7 Å². The van der Waals surface area contributed by atoms with Crippen LogP contribution in [0.5, 0.6) is 0 Å². The normalized spacial score (nSPS) is 10.4. The van der Waals surface area contributed by atoms with Crippen LogP contribution in [0.4, 0.5) is 5.69 Å². The Balaban J connectivity index is 2.19. The molecule has 2 rings (SSSR count). The monoisotopic (exact) mass is 341 g/mol. The van der Waals surface area contributed by atoms with Crippen molar-refractivity contribution in [2.24, 2.45) is 0 Å². The molecule has 6 heteroatoms. The fourth-order valence-corrected chi connectivity index (χ4v) is 2.59. The third-order valence-electron chi connectivity index (χ3n) is 4.44. The average molecular weight is 341 g/mol. The molecule has 0 aliphatic carbocycles. The highest BCUT2D eigenvalue weighted by Crippen LogP contribution is 2.22. The zero-order chi connectivity index (χ0) is 18.7. The van der Waals surface area contributed by atoms with Crippen LogP contribution in [-0.4, -0.2) is 23.3 Å². The number of Topliss-reactive ketones (excluding diaryl/α,β-unsaturated/α-hetero) is 1. The van der Waals surface area contributed by atoms with E-state index in [1.807, 2.05) is 27.7 Å². The van der Waals surface area contributed by atoms with Crippen LogP contribution in [0.2, 0.25) is 0 Å². The first-order valence-corrected chi connectivity index (χ1v) is 7.75. The standard InChI is InChI=1S/C19H19NO5/c1-11-9-16(14(4)13(3)12(11)2)18(21)10-25-19(22)15-7-5-6-8-17(15)20(23)24/h5-9H,10H2,1-4H3. The molecule has 6 nitrogen and oxygen atoms in total. The van der Waals surface area contributed by atoms with Crippen LogP contribution in [0, 0.1) is 37.8 Å². The summed E-state index contributed by atoms with van der Waals surface area (Å²) in [5.74, 6) is -1.23. The Labute approximate surface area is 145 Å². The van der Waals surface area contributed by atoms with Gasteiger partial charge in [0, 0.05) is 11.6 Å². The topological polar surface area (TPSA) is 86.5 Å². The maximum atomic E-state index is 12.4. The van der Waals surface area contributed by atoms with Gasteiger partial charge in [0.15, 0.2) is 6.61 Å². The van der Waals surface area contributed by atoms with Gasteiger partial charge in [-0.1, -0.05) is 12.1 Å². The summed E-state index contributed by atoms with van der Waals surface area (Å²) in [6.45, 7) is 7.22. The number of aryl methyl sites for hydroxylation is 1. The van der Waals surface area contributed by atoms with Gasteiger partial charge in [-0.25, -0.2) is 4.79 Å². The quantitative estimate of drug-likeness (QED) is 0.357. The minimum Gasteiger partial charge on any atom is -0.454 e. The van der Waals surface area contributed by atoms with E-state index in [1.165, 1.54) is 24.3 Å². The number of nitrogens with zero attached hydrogens (tertiary/aromatic N) is 1. The molecule has 0 aromatic heterocycles. The first kappa shape index (κ1) is 18.3. The second-order valence-electron chi connectivity index (χ2n) is 5.89. The number of carbonyl (C=O) groups excluding carboxylic acids is 2. The molecule has 0 unspecified atom stereocenters. The number of benzene rings is 2. The third kappa shape index (κ3) is 3.74. The minimum atomic E-state index is -0.890. The predicted molar refractivity (Wildman–Crippen MR) is 93.1 cm³/mol. The smallest absolute Gasteiger partial charge is 0.345 e. The fourth-order valence-electron chi connectivity index (χ4n) is 2.59. The Morgan fingerprint density at radius 2 is 1.64 bits per heavy atom. The Hall–Kier alpha value is -3.02. The van der Waals surface area contributed by atoms with Crippen molar-refractivity contribution in [2.45, 2.75) is 27.7 Å². The Morgan fingerprint density at radius 1 is 1.00 bits per heavy atom. The highest BCUT2D eigenvalue weighted by atomic mass is 16.6. The van der Waals surface area contributed by atoms with E-state index in [0.29, 0.717) is 5.56 Å². The maximum Gasteiger partial charge on any atom is 0.345 e. The molecule has 0 spiro atoms. The summed E-state index contributed by atoms with van der Waals surface area (Å²) in [4.78, 5) is 34.8. The molecule has 0 bridgehead atoms. The van der Waals surface area contributed by atoms with Crippen LogP contribution in [0.25, 0.3) is 0 Å². The molecular formula is C19H19NO5. The van der Waals surface area contributed by atoms with Gasteiger partial charge in [-0.2, -0.15) is 0 Å². The summed E-state index contributed by atoms with van der Waals surface area (Å²) in [5, 5.41) is 11.0. The molecule has 0 aliphatic rings.